The van der Waals surface area contributed by atoms with Gasteiger partial charge >= 0.3 is 35.5 Å². The van der Waals surface area contributed by atoms with E-state index in [1.165, 1.54) is 0 Å². The fourth-order valence-electron chi connectivity index (χ4n) is 2.38. The summed E-state index contributed by atoms with van der Waals surface area (Å²) in [5.41, 5.74) is 1.23. The van der Waals surface area contributed by atoms with Gasteiger partial charge in [0.15, 0.2) is 5.43 Å². The average Bonchev–Trinajstić information content (AvgIpc) is 2.43. The Bertz CT molecular complexity index is 794. The minimum absolute atomic E-state index is 0. The van der Waals surface area contributed by atoms with Gasteiger partial charge in [0.1, 0.15) is 6.54 Å². The Hall–Kier alpha value is -1.62. The standard InChI is InChI=1S/C15H11NO3.Na.H/c17-14(18)9-16-12-7-3-1-5-10(12)15(19)11-6-2-4-8-13(11)16;;/h1-8H,9H2,(H,17,18);;. The van der Waals surface area contributed by atoms with Crippen LogP contribution in [0.3, 0.4) is 0 Å². The van der Waals surface area contributed by atoms with Crippen LogP contribution in [-0.4, -0.2) is 45.2 Å². The topological polar surface area (TPSA) is 59.3 Å². The van der Waals surface area contributed by atoms with Gasteiger partial charge in [0, 0.05) is 10.8 Å². The maximum atomic E-state index is 12.4. The van der Waals surface area contributed by atoms with Crippen LogP contribution in [-0.2, 0) is 11.3 Å². The van der Waals surface area contributed by atoms with Crippen molar-refractivity contribution in [2.75, 3.05) is 0 Å². The van der Waals surface area contributed by atoms with Crippen molar-refractivity contribution in [3.63, 3.8) is 0 Å². The predicted molar refractivity (Wildman–Crippen MR) is 80.5 cm³/mol. The second-order valence-corrected chi connectivity index (χ2v) is 4.34. The van der Waals surface area contributed by atoms with Crippen molar-refractivity contribution in [1.29, 1.82) is 0 Å². The number of nitrogens with zero attached hydrogens (tertiary/aromatic N) is 1. The van der Waals surface area contributed by atoms with E-state index in [4.69, 9.17) is 5.11 Å². The van der Waals surface area contributed by atoms with Crippen LogP contribution in [0.1, 0.15) is 0 Å². The van der Waals surface area contributed by atoms with Crippen molar-refractivity contribution < 1.29 is 9.90 Å². The molecule has 3 rings (SSSR count). The molecule has 0 saturated carbocycles. The molecule has 0 fully saturated rings. The number of hydrogen-bond donors (Lipinski definition) is 1. The number of benzene rings is 2. The molecule has 0 aliphatic carbocycles. The van der Waals surface area contributed by atoms with Gasteiger partial charge in [-0.15, -0.1) is 0 Å². The number of carboxylic acid groups (broad SMARTS) is 1. The number of fused-ring (bicyclic) bond motifs is 2. The van der Waals surface area contributed by atoms with Crippen LogP contribution in [0, 0.1) is 0 Å². The first-order valence-electron chi connectivity index (χ1n) is 5.90. The molecular formula is C15H12NNaO3. The van der Waals surface area contributed by atoms with Gasteiger partial charge in [-0.25, -0.2) is 0 Å². The number of carbonyl (C=O) groups is 1. The molecule has 2 aromatic carbocycles. The molecule has 0 aliphatic heterocycles. The summed E-state index contributed by atoms with van der Waals surface area (Å²) in [6.45, 7) is -0.165. The number of para-hydroxylation sites is 2. The maximum absolute atomic E-state index is 12.4. The molecule has 4 nitrogen and oxygen atoms in total. The third-order valence-corrected chi connectivity index (χ3v) is 3.17. The zero-order valence-electron chi connectivity index (χ0n) is 10.0. The number of aromatic nitrogens is 1. The van der Waals surface area contributed by atoms with E-state index in [0.717, 1.165) is 0 Å². The number of pyridine rings is 1. The fourth-order valence-corrected chi connectivity index (χ4v) is 2.38. The molecule has 0 radical (unpaired) electrons. The Morgan fingerprint density at radius 2 is 1.40 bits per heavy atom. The molecule has 20 heavy (non-hydrogen) atoms. The van der Waals surface area contributed by atoms with E-state index in [1.54, 1.807) is 53.1 Å². The summed E-state index contributed by atoms with van der Waals surface area (Å²) in [6.07, 6.45) is 0. The summed E-state index contributed by atoms with van der Waals surface area (Å²) in [7, 11) is 0. The van der Waals surface area contributed by atoms with E-state index in [-0.39, 0.29) is 41.5 Å². The molecule has 5 heteroatoms. The van der Waals surface area contributed by atoms with Crippen molar-refractivity contribution >= 4 is 57.3 Å². The van der Waals surface area contributed by atoms with E-state index in [9.17, 15) is 9.59 Å². The summed E-state index contributed by atoms with van der Waals surface area (Å²) in [5, 5.41) is 10.1. The molecule has 96 valence electrons. The molecule has 0 saturated heterocycles. The van der Waals surface area contributed by atoms with Gasteiger partial charge in [0.05, 0.1) is 11.0 Å². The SMILES string of the molecule is O=C(O)Cn1c2ccccc2c(=O)c2ccccc21.[NaH]. The molecule has 1 N–H and O–H groups in total. The summed E-state index contributed by atoms with van der Waals surface area (Å²) < 4.78 is 1.66. The van der Waals surface area contributed by atoms with Gasteiger partial charge in [-0.1, -0.05) is 24.3 Å². The van der Waals surface area contributed by atoms with Crippen molar-refractivity contribution in [2.45, 2.75) is 6.54 Å². The van der Waals surface area contributed by atoms with Crippen molar-refractivity contribution in [1.82, 2.24) is 4.57 Å². The Kier molecular flexibility index (Phi) is 4.28. The summed E-state index contributed by atoms with van der Waals surface area (Å²) in [4.78, 5) is 23.4. The van der Waals surface area contributed by atoms with Crippen LogP contribution in [0.5, 0.6) is 0 Å². The third-order valence-electron chi connectivity index (χ3n) is 3.17. The van der Waals surface area contributed by atoms with E-state index in [2.05, 4.69) is 0 Å². The van der Waals surface area contributed by atoms with Gasteiger partial charge in [-0.2, -0.15) is 0 Å². The van der Waals surface area contributed by atoms with E-state index >= 15 is 0 Å². The Balaban J connectivity index is 0.00000147. The second kappa shape index (κ2) is 5.79. The number of aliphatic carboxylic acids is 1. The van der Waals surface area contributed by atoms with Gasteiger partial charge < -0.3 is 9.67 Å². The summed E-state index contributed by atoms with van der Waals surface area (Å²) in [5.74, 6) is -0.932. The molecule has 1 aromatic heterocycles. The molecule has 3 aromatic rings. The third kappa shape index (κ3) is 2.38. The molecule has 1 heterocycles. The Labute approximate surface area is 136 Å². The van der Waals surface area contributed by atoms with Crippen molar-refractivity contribution in [3.8, 4) is 0 Å². The Morgan fingerprint density at radius 3 is 1.85 bits per heavy atom. The molecular weight excluding hydrogens is 265 g/mol. The number of carboxylic acids is 1. The Morgan fingerprint density at radius 1 is 0.950 bits per heavy atom. The molecule has 0 amide bonds. The van der Waals surface area contributed by atoms with Crippen LogP contribution >= 0.6 is 0 Å². The molecule has 0 bridgehead atoms. The first kappa shape index (κ1) is 14.8. The van der Waals surface area contributed by atoms with Crippen molar-refractivity contribution in [3.05, 3.63) is 58.8 Å². The van der Waals surface area contributed by atoms with E-state index in [1.807, 2.05) is 0 Å². The summed E-state index contributed by atoms with van der Waals surface area (Å²) >= 11 is 0. The van der Waals surface area contributed by atoms with Crippen LogP contribution in [0.2, 0.25) is 0 Å². The molecule has 0 aliphatic rings. The molecule has 0 unspecified atom stereocenters. The summed E-state index contributed by atoms with van der Waals surface area (Å²) in [6, 6.07) is 14.2. The first-order valence-corrected chi connectivity index (χ1v) is 5.90. The minimum atomic E-state index is -0.932. The van der Waals surface area contributed by atoms with E-state index in [0.29, 0.717) is 21.8 Å². The normalized spacial score (nSPS) is 10.4. The zero-order valence-corrected chi connectivity index (χ0v) is 10.0. The van der Waals surface area contributed by atoms with Gasteiger partial charge in [0.25, 0.3) is 0 Å². The molecule has 0 spiro atoms. The number of hydrogen-bond acceptors (Lipinski definition) is 2. The van der Waals surface area contributed by atoms with E-state index < -0.39 is 5.97 Å². The van der Waals surface area contributed by atoms with Gasteiger partial charge in [0.2, 0.25) is 0 Å². The van der Waals surface area contributed by atoms with Crippen LogP contribution in [0.4, 0.5) is 0 Å². The first-order chi connectivity index (χ1) is 9.18. The predicted octanol–water partition coefficient (Wildman–Crippen LogP) is 1.59. The van der Waals surface area contributed by atoms with Crippen LogP contribution in [0.25, 0.3) is 21.8 Å². The van der Waals surface area contributed by atoms with Crippen LogP contribution < -0.4 is 5.43 Å². The van der Waals surface area contributed by atoms with Gasteiger partial charge in [-0.3, -0.25) is 9.59 Å². The second-order valence-electron chi connectivity index (χ2n) is 4.34. The zero-order chi connectivity index (χ0) is 13.4. The average molecular weight is 277 g/mol. The number of rotatable bonds is 2. The van der Waals surface area contributed by atoms with Gasteiger partial charge in [-0.05, 0) is 24.3 Å². The quantitative estimate of drug-likeness (QED) is 0.571. The monoisotopic (exact) mass is 277 g/mol. The fraction of sp³-hybridized carbons (Fsp3) is 0.0667. The van der Waals surface area contributed by atoms with Crippen LogP contribution in [0.15, 0.2) is 53.3 Å². The van der Waals surface area contributed by atoms with Crippen molar-refractivity contribution in [2.24, 2.45) is 0 Å². The molecule has 0 atom stereocenters.